The summed E-state index contributed by atoms with van der Waals surface area (Å²) in [6.45, 7) is 0. The van der Waals surface area contributed by atoms with E-state index in [0.29, 0.717) is 12.8 Å². The minimum Gasteiger partial charge on any atom is -0.481 e. The van der Waals surface area contributed by atoms with Crippen LogP contribution in [0, 0.1) is 0 Å². The number of rotatable bonds is 5. The van der Waals surface area contributed by atoms with Crippen molar-refractivity contribution >= 4 is 21.9 Å². The number of carboxylic acid groups (broad SMARTS) is 1. The molecule has 2 N–H and O–H groups in total. The van der Waals surface area contributed by atoms with Gasteiger partial charge in [-0.2, -0.15) is 0 Å². The van der Waals surface area contributed by atoms with Gasteiger partial charge in [0.15, 0.2) is 0 Å². The normalized spacial score (nSPS) is 13.0. The highest BCUT2D eigenvalue weighted by Gasteiger charge is 1.99. The van der Waals surface area contributed by atoms with Crippen LogP contribution in [-0.4, -0.2) is 21.2 Å². The van der Waals surface area contributed by atoms with Crippen LogP contribution in [-0.2, 0) is 4.79 Å². The Morgan fingerprint density at radius 1 is 1.50 bits per heavy atom. The van der Waals surface area contributed by atoms with Crippen molar-refractivity contribution in [1.29, 1.82) is 0 Å². The SMILES string of the molecule is O=C(O)CCCC[C@H](O)Br. The maximum Gasteiger partial charge on any atom is 0.303 e. The fourth-order valence-corrected chi connectivity index (χ4v) is 0.913. The third-order valence-corrected chi connectivity index (χ3v) is 1.54. The molecule has 0 saturated carbocycles. The Morgan fingerprint density at radius 3 is 2.50 bits per heavy atom. The molecule has 0 amide bonds. The highest BCUT2D eigenvalue weighted by Crippen LogP contribution is 2.07. The Labute approximate surface area is 68.2 Å². The van der Waals surface area contributed by atoms with Crippen molar-refractivity contribution in [2.75, 3.05) is 0 Å². The van der Waals surface area contributed by atoms with E-state index in [1.54, 1.807) is 0 Å². The van der Waals surface area contributed by atoms with E-state index in [1.165, 1.54) is 0 Å². The van der Waals surface area contributed by atoms with Crippen molar-refractivity contribution in [3.8, 4) is 0 Å². The number of carbonyl (C=O) groups is 1. The molecule has 0 unspecified atom stereocenters. The molecular weight excluding hydrogens is 200 g/mol. The first kappa shape index (κ1) is 9.91. The number of aliphatic hydroxyl groups is 1. The number of aliphatic carboxylic acids is 1. The molecule has 0 saturated heterocycles. The van der Waals surface area contributed by atoms with Gasteiger partial charge in [-0.05, 0) is 19.3 Å². The topological polar surface area (TPSA) is 57.5 Å². The van der Waals surface area contributed by atoms with Gasteiger partial charge in [-0.25, -0.2) is 0 Å². The number of unbranched alkanes of at least 4 members (excludes halogenated alkanes) is 1. The summed E-state index contributed by atoms with van der Waals surface area (Å²) in [5.41, 5.74) is 0. The van der Waals surface area contributed by atoms with Crippen molar-refractivity contribution in [3.05, 3.63) is 0 Å². The summed E-state index contributed by atoms with van der Waals surface area (Å²) in [4.78, 5) is 9.97. The van der Waals surface area contributed by atoms with Crippen molar-refractivity contribution < 1.29 is 15.0 Å². The van der Waals surface area contributed by atoms with Gasteiger partial charge >= 0.3 is 5.97 Å². The first-order valence-corrected chi connectivity index (χ1v) is 4.08. The number of halogens is 1. The number of aliphatic hydroxyl groups excluding tert-OH is 1. The van der Waals surface area contributed by atoms with Gasteiger partial charge in [-0.3, -0.25) is 4.79 Å². The van der Waals surface area contributed by atoms with Gasteiger partial charge in [0.1, 0.15) is 5.01 Å². The molecule has 4 heteroatoms. The summed E-state index contributed by atoms with van der Waals surface area (Å²) >= 11 is 2.95. The second kappa shape index (κ2) is 5.68. The minimum atomic E-state index is -0.774. The Bertz CT molecular complexity index is 103. The molecule has 0 bridgehead atoms. The summed E-state index contributed by atoms with van der Waals surface area (Å²) in [6, 6.07) is 0. The van der Waals surface area contributed by atoms with Crippen LogP contribution < -0.4 is 0 Å². The molecule has 0 aliphatic rings. The Kier molecular flexibility index (Phi) is 5.63. The number of hydrogen-bond acceptors (Lipinski definition) is 2. The summed E-state index contributed by atoms with van der Waals surface area (Å²) in [5.74, 6) is -0.774. The molecule has 0 aromatic heterocycles. The standard InChI is InChI=1S/C6H11BrO3/c7-5(8)3-1-2-4-6(9)10/h5,8H,1-4H2,(H,9,10)/t5-/m0/s1. The van der Waals surface area contributed by atoms with E-state index in [-0.39, 0.29) is 6.42 Å². The van der Waals surface area contributed by atoms with E-state index >= 15 is 0 Å². The van der Waals surface area contributed by atoms with E-state index in [2.05, 4.69) is 15.9 Å². The van der Waals surface area contributed by atoms with Crippen LogP contribution in [0.25, 0.3) is 0 Å². The monoisotopic (exact) mass is 210 g/mol. The maximum atomic E-state index is 9.97. The molecular formula is C6H11BrO3. The quantitative estimate of drug-likeness (QED) is 0.533. The largest absolute Gasteiger partial charge is 0.481 e. The zero-order chi connectivity index (χ0) is 7.98. The van der Waals surface area contributed by atoms with Gasteiger partial charge in [0.2, 0.25) is 0 Å². The molecule has 0 rings (SSSR count). The van der Waals surface area contributed by atoms with Crippen LogP contribution in [0.4, 0.5) is 0 Å². The Morgan fingerprint density at radius 2 is 2.10 bits per heavy atom. The van der Waals surface area contributed by atoms with Gasteiger partial charge in [0, 0.05) is 6.42 Å². The van der Waals surface area contributed by atoms with E-state index < -0.39 is 11.0 Å². The lowest BCUT2D eigenvalue weighted by Gasteiger charge is -1.99. The molecule has 60 valence electrons. The second-order valence-electron chi connectivity index (χ2n) is 2.07. The Balaban J connectivity index is 2.98. The molecule has 0 aliphatic heterocycles. The predicted molar refractivity (Wildman–Crippen MR) is 41.0 cm³/mol. The molecule has 0 radical (unpaired) electrons. The van der Waals surface area contributed by atoms with Crippen LogP contribution in [0.15, 0.2) is 0 Å². The highest BCUT2D eigenvalue weighted by molar-refractivity contribution is 9.09. The van der Waals surface area contributed by atoms with Crippen LogP contribution in [0.1, 0.15) is 25.7 Å². The third kappa shape index (κ3) is 7.91. The van der Waals surface area contributed by atoms with E-state index in [4.69, 9.17) is 10.2 Å². The Hall–Kier alpha value is -0.0900. The average molecular weight is 211 g/mol. The molecule has 0 aromatic carbocycles. The fourth-order valence-electron chi connectivity index (χ4n) is 0.589. The summed E-state index contributed by atoms with van der Waals surface area (Å²) < 4.78 is 0. The molecule has 0 aliphatic carbocycles. The van der Waals surface area contributed by atoms with Crippen molar-refractivity contribution in [3.63, 3.8) is 0 Å². The number of hydrogen-bond donors (Lipinski definition) is 2. The van der Waals surface area contributed by atoms with Crippen LogP contribution in [0.2, 0.25) is 0 Å². The summed E-state index contributed by atoms with van der Waals surface area (Å²) in [7, 11) is 0. The van der Waals surface area contributed by atoms with Crippen LogP contribution >= 0.6 is 15.9 Å². The minimum absolute atomic E-state index is 0.194. The lowest BCUT2D eigenvalue weighted by atomic mass is 10.2. The second-order valence-corrected chi connectivity index (χ2v) is 3.13. The predicted octanol–water partition coefficient (Wildman–Crippen LogP) is 1.34. The first-order chi connectivity index (χ1) is 4.63. The van der Waals surface area contributed by atoms with Crippen molar-refractivity contribution in [1.82, 2.24) is 0 Å². The van der Waals surface area contributed by atoms with E-state index in [1.807, 2.05) is 0 Å². The van der Waals surface area contributed by atoms with Gasteiger partial charge in [-0.1, -0.05) is 15.9 Å². The fraction of sp³-hybridized carbons (Fsp3) is 0.833. The van der Waals surface area contributed by atoms with Gasteiger partial charge in [0.05, 0.1) is 0 Å². The lowest BCUT2D eigenvalue weighted by Crippen LogP contribution is -1.97. The smallest absolute Gasteiger partial charge is 0.303 e. The van der Waals surface area contributed by atoms with Gasteiger partial charge in [0.25, 0.3) is 0 Å². The lowest BCUT2D eigenvalue weighted by molar-refractivity contribution is -0.137. The first-order valence-electron chi connectivity index (χ1n) is 3.17. The molecule has 0 fully saturated rings. The van der Waals surface area contributed by atoms with E-state index in [9.17, 15) is 4.79 Å². The molecule has 1 atom stereocenters. The molecule has 10 heavy (non-hydrogen) atoms. The highest BCUT2D eigenvalue weighted by atomic mass is 79.9. The summed E-state index contributed by atoms with van der Waals surface area (Å²) in [6.07, 6.45) is 2.20. The van der Waals surface area contributed by atoms with E-state index in [0.717, 1.165) is 6.42 Å². The molecule has 0 heterocycles. The van der Waals surface area contributed by atoms with Crippen LogP contribution in [0.3, 0.4) is 0 Å². The van der Waals surface area contributed by atoms with Gasteiger partial charge in [-0.15, -0.1) is 0 Å². The third-order valence-electron chi connectivity index (χ3n) is 1.08. The number of alkyl halides is 1. The maximum absolute atomic E-state index is 9.97. The average Bonchev–Trinajstić information content (AvgIpc) is 1.79. The van der Waals surface area contributed by atoms with Crippen LogP contribution in [0.5, 0.6) is 0 Å². The zero-order valence-electron chi connectivity index (χ0n) is 5.59. The number of carboxylic acids is 1. The molecule has 0 spiro atoms. The van der Waals surface area contributed by atoms with Crippen molar-refractivity contribution in [2.45, 2.75) is 30.7 Å². The molecule has 3 nitrogen and oxygen atoms in total. The van der Waals surface area contributed by atoms with Crippen molar-refractivity contribution in [2.24, 2.45) is 0 Å². The molecule has 0 aromatic rings. The zero-order valence-corrected chi connectivity index (χ0v) is 7.17. The van der Waals surface area contributed by atoms with Gasteiger partial charge < -0.3 is 10.2 Å². The summed E-state index contributed by atoms with van der Waals surface area (Å²) in [5, 5.41) is 16.4.